The fourth-order valence-corrected chi connectivity index (χ4v) is 4.86. The third-order valence-electron chi connectivity index (χ3n) is 5.28. The Bertz CT molecular complexity index is 837. The Labute approximate surface area is 160 Å². The molecule has 1 N–H and O–H groups in total. The number of benzene rings is 1. The van der Waals surface area contributed by atoms with Gasteiger partial charge in [0.1, 0.15) is 0 Å². The second kappa shape index (κ2) is 7.98. The van der Waals surface area contributed by atoms with Gasteiger partial charge < -0.3 is 9.80 Å². The summed E-state index contributed by atoms with van der Waals surface area (Å²) in [5, 5.41) is 0. The van der Waals surface area contributed by atoms with E-state index >= 15 is 0 Å². The number of fused-ring (bicyclic) bond motifs is 1. The van der Waals surface area contributed by atoms with Gasteiger partial charge in [0.05, 0.1) is 11.4 Å². The first-order chi connectivity index (χ1) is 12.8. The van der Waals surface area contributed by atoms with Gasteiger partial charge in [0.15, 0.2) is 0 Å². The van der Waals surface area contributed by atoms with Crippen molar-refractivity contribution in [2.75, 3.05) is 31.1 Å². The van der Waals surface area contributed by atoms with Crippen molar-refractivity contribution in [2.45, 2.75) is 44.4 Å². The van der Waals surface area contributed by atoms with Crippen molar-refractivity contribution in [3.05, 3.63) is 23.8 Å². The second-order valence-corrected chi connectivity index (χ2v) is 9.24. The Balaban J connectivity index is 1.70. The number of aryl methyl sites for hydroxylation is 1. The van der Waals surface area contributed by atoms with E-state index in [-0.39, 0.29) is 23.3 Å². The van der Waals surface area contributed by atoms with Gasteiger partial charge in [0, 0.05) is 32.2 Å². The number of hydrogen-bond acceptors (Lipinski definition) is 4. The summed E-state index contributed by atoms with van der Waals surface area (Å²) in [6.45, 7) is 5.39. The summed E-state index contributed by atoms with van der Waals surface area (Å²) in [7, 11) is -3.78. The highest BCUT2D eigenvalue weighted by molar-refractivity contribution is 7.89. The van der Waals surface area contributed by atoms with Crippen LogP contribution in [0.25, 0.3) is 0 Å². The Morgan fingerprint density at radius 3 is 2.70 bits per heavy atom. The van der Waals surface area contributed by atoms with Crippen molar-refractivity contribution in [1.29, 1.82) is 0 Å². The number of anilines is 1. The van der Waals surface area contributed by atoms with Gasteiger partial charge in [-0.25, -0.2) is 13.1 Å². The van der Waals surface area contributed by atoms with E-state index in [9.17, 15) is 18.0 Å². The number of likely N-dealkylation sites (tertiary alicyclic amines) is 1. The van der Waals surface area contributed by atoms with Crippen LogP contribution in [0.15, 0.2) is 23.1 Å². The molecule has 1 fully saturated rings. The number of carbonyl (C=O) groups excluding carboxylic acids is 2. The highest BCUT2D eigenvalue weighted by Crippen LogP contribution is 2.29. The quantitative estimate of drug-likeness (QED) is 0.840. The van der Waals surface area contributed by atoms with Crippen molar-refractivity contribution >= 4 is 27.5 Å². The molecule has 8 heteroatoms. The van der Waals surface area contributed by atoms with E-state index in [1.54, 1.807) is 21.9 Å². The van der Waals surface area contributed by atoms with Crippen LogP contribution in [0.2, 0.25) is 0 Å². The van der Waals surface area contributed by atoms with Crippen molar-refractivity contribution in [3.63, 3.8) is 0 Å². The predicted molar refractivity (Wildman–Crippen MR) is 103 cm³/mol. The summed E-state index contributed by atoms with van der Waals surface area (Å²) in [5.41, 5.74) is 1.61. The van der Waals surface area contributed by atoms with Crippen LogP contribution in [-0.2, 0) is 26.0 Å². The summed E-state index contributed by atoms with van der Waals surface area (Å²) >= 11 is 0. The Morgan fingerprint density at radius 2 is 2.00 bits per heavy atom. The molecular formula is C19H27N3O4S. The van der Waals surface area contributed by atoms with E-state index in [0.717, 1.165) is 36.9 Å². The molecule has 1 unspecified atom stereocenters. The summed E-state index contributed by atoms with van der Waals surface area (Å²) < 4.78 is 27.7. The van der Waals surface area contributed by atoms with Crippen LogP contribution in [-0.4, -0.2) is 51.3 Å². The molecule has 0 saturated carbocycles. The molecule has 2 heterocycles. The molecular weight excluding hydrogens is 366 g/mol. The number of amides is 2. The molecule has 2 amide bonds. The fourth-order valence-electron chi connectivity index (χ4n) is 3.84. The summed E-state index contributed by atoms with van der Waals surface area (Å²) in [6.07, 6.45) is 3.58. The number of rotatable bonds is 4. The zero-order valence-electron chi connectivity index (χ0n) is 15.9. The average Bonchev–Trinajstić information content (AvgIpc) is 2.65. The Kier molecular flexibility index (Phi) is 5.86. The largest absolute Gasteiger partial charge is 0.341 e. The molecule has 3 rings (SSSR count). The molecule has 27 heavy (non-hydrogen) atoms. The van der Waals surface area contributed by atoms with Gasteiger partial charge in [-0.1, -0.05) is 6.92 Å². The third kappa shape index (κ3) is 4.50. The van der Waals surface area contributed by atoms with Crippen LogP contribution in [0.4, 0.5) is 5.69 Å². The monoisotopic (exact) mass is 393 g/mol. The minimum absolute atomic E-state index is 0.0500. The Morgan fingerprint density at radius 1 is 1.22 bits per heavy atom. The lowest BCUT2D eigenvalue weighted by molar-refractivity contribution is -0.131. The van der Waals surface area contributed by atoms with Crippen molar-refractivity contribution in [2.24, 2.45) is 5.92 Å². The van der Waals surface area contributed by atoms with E-state index < -0.39 is 10.0 Å². The lowest BCUT2D eigenvalue weighted by atomic mass is 10.0. The number of nitrogens with one attached hydrogen (secondary N) is 1. The Hall–Kier alpha value is -1.93. The molecule has 148 valence electrons. The molecule has 0 aromatic heterocycles. The number of hydrogen-bond donors (Lipinski definition) is 1. The SMILES string of the molecule is CC(=O)N1CCCc2cc(S(=O)(=O)NCC(=O)N3CCCC(C)C3)ccc21. The second-order valence-electron chi connectivity index (χ2n) is 7.48. The fraction of sp³-hybridized carbons (Fsp3) is 0.579. The maximum Gasteiger partial charge on any atom is 0.241 e. The van der Waals surface area contributed by atoms with Crippen LogP contribution >= 0.6 is 0 Å². The molecule has 2 aliphatic heterocycles. The summed E-state index contributed by atoms with van der Waals surface area (Å²) in [5.74, 6) is 0.209. The zero-order valence-corrected chi connectivity index (χ0v) is 16.7. The van der Waals surface area contributed by atoms with Crippen molar-refractivity contribution < 1.29 is 18.0 Å². The van der Waals surface area contributed by atoms with Gasteiger partial charge in [-0.2, -0.15) is 0 Å². The van der Waals surface area contributed by atoms with Crippen LogP contribution in [0.5, 0.6) is 0 Å². The normalized spacial score (nSPS) is 20.3. The first kappa shape index (κ1) is 19.8. The van der Waals surface area contributed by atoms with Crippen LogP contribution in [0, 0.1) is 5.92 Å². The summed E-state index contributed by atoms with van der Waals surface area (Å²) in [4.78, 5) is 27.6. The molecule has 7 nitrogen and oxygen atoms in total. The van der Waals surface area contributed by atoms with Crippen molar-refractivity contribution in [3.8, 4) is 0 Å². The number of nitrogens with zero attached hydrogens (tertiary/aromatic N) is 2. The average molecular weight is 394 g/mol. The molecule has 0 spiro atoms. The predicted octanol–water partition coefficient (Wildman–Crippen LogP) is 1.52. The standard InChI is InChI=1S/C19H27N3O4S/c1-14-5-3-9-21(13-14)19(24)12-20-27(25,26)17-7-8-18-16(11-17)6-4-10-22(18)15(2)23/h7-8,11,14,20H,3-6,9-10,12-13H2,1-2H3. The molecule has 1 aromatic carbocycles. The van der Waals surface area contributed by atoms with E-state index in [2.05, 4.69) is 11.6 Å². The minimum Gasteiger partial charge on any atom is -0.341 e. The third-order valence-corrected chi connectivity index (χ3v) is 6.68. The number of sulfonamides is 1. The highest BCUT2D eigenvalue weighted by atomic mass is 32.2. The van der Waals surface area contributed by atoms with Crippen LogP contribution < -0.4 is 9.62 Å². The first-order valence-electron chi connectivity index (χ1n) is 9.46. The highest BCUT2D eigenvalue weighted by Gasteiger charge is 2.25. The maximum atomic E-state index is 12.6. The minimum atomic E-state index is -3.78. The molecule has 0 radical (unpaired) electrons. The smallest absolute Gasteiger partial charge is 0.241 e. The maximum absolute atomic E-state index is 12.6. The molecule has 1 aromatic rings. The lowest BCUT2D eigenvalue weighted by Gasteiger charge is -2.31. The topological polar surface area (TPSA) is 86.8 Å². The van der Waals surface area contributed by atoms with Crippen LogP contribution in [0.1, 0.15) is 38.7 Å². The number of piperidine rings is 1. The van der Waals surface area contributed by atoms with Crippen LogP contribution in [0.3, 0.4) is 0 Å². The lowest BCUT2D eigenvalue weighted by Crippen LogP contribution is -2.44. The van der Waals surface area contributed by atoms with Gasteiger partial charge in [0.25, 0.3) is 0 Å². The van der Waals surface area contributed by atoms with Gasteiger partial charge in [-0.3, -0.25) is 9.59 Å². The molecule has 1 saturated heterocycles. The van der Waals surface area contributed by atoms with E-state index in [1.807, 2.05) is 0 Å². The molecule has 0 bridgehead atoms. The van der Waals surface area contributed by atoms with E-state index in [1.165, 1.54) is 13.0 Å². The van der Waals surface area contributed by atoms with E-state index in [0.29, 0.717) is 25.6 Å². The van der Waals surface area contributed by atoms with Gasteiger partial charge >= 0.3 is 0 Å². The van der Waals surface area contributed by atoms with Gasteiger partial charge in [-0.15, -0.1) is 0 Å². The van der Waals surface area contributed by atoms with E-state index in [4.69, 9.17) is 0 Å². The van der Waals surface area contributed by atoms with Crippen molar-refractivity contribution in [1.82, 2.24) is 9.62 Å². The zero-order chi connectivity index (χ0) is 19.6. The van der Waals surface area contributed by atoms with Gasteiger partial charge in [-0.05, 0) is 55.4 Å². The number of carbonyl (C=O) groups is 2. The van der Waals surface area contributed by atoms with Gasteiger partial charge in [0.2, 0.25) is 21.8 Å². The first-order valence-corrected chi connectivity index (χ1v) is 10.9. The molecule has 2 aliphatic rings. The summed E-state index contributed by atoms with van der Waals surface area (Å²) in [6, 6.07) is 4.79. The molecule has 0 aliphatic carbocycles. The molecule has 1 atom stereocenters.